The highest BCUT2D eigenvalue weighted by atomic mass is 14.9. The fraction of sp³-hybridized carbons (Fsp3) is 0.182. The maximum Gasteiger partial charge on any atom is 0.0271 e. The third kappa shape index (κ3) is 2.44. The molecule has 3 heteroatoms. The van der Waals surface area contributed by atoms with Crippen molar-refractivity contribution in [3.05, 3.63) is 54.1 Å². The minimum Gasteiger partial charge on any atom is -0.367 e. The third-order valence-corrected chi connectivity index (χ3v) is 2.07. The van der Waals surface area contributed by atoms with Crippen LogP contribution in [0.3, 0.4) is 0 Å². The van der Waals surface area contributed by atoms with Crippen LogP contribution in [0.25, 0.3) is 0 Å². The van der Waals surface area contributed by atoms with E-state index in [0.717, 1.165) is 13.1 Å². The number of hydrogen-bond acceptors (Lipinski definition) is 2. The Morgan fingerprint density at radius 1 is 1.07 bits per heavy atom. The van der Waals surface area contributed by atoms with E-state index in [2.05, 4.69) is 21.4 Å². The van der Waals surface area contributed by atoms with Crippen LogP contribution in [0.1, 0.15) is 11.1 Å². The lowest BCUT2D eigenvalue weighted by molar-refractivity contribution is 0.693. The molecule has 0 unspecified atom stereocenters. The Kier molecular flexibility index (Phi) is 2.93. The molecule has 0 aromatic carbocycles. The van der Waals surface area contributed by atoms with Crippen LogP contribution < -0.4 is 5.32 Å². The average Bonchev–Trinajstić information content (AvgIpc) is 2.72. The number of nitrogens with one attached hydrogen (secondary N) is 2. The second-order valence-electron chi connectivity index (χ2n) is 3.18. The second kappa shape index (κ2) is 4.58. The molecule has 0 fully saturated rings. The first-order chi connectivity index (χ1) is 6.95. The summed E-state index contributed by atoms with van der Waals surface area (Å²) in [6.45, 7) is 1.78. The molecule has 2 heterocycles. The van der Waals surface area contributed by atoms with Gasteiger partial charge in [-0.15, -0.1) is 0 Å². The maximum absolute atomic E-state index is 3.97. The van der Waals surface area contributed by atoms with E-state index < -0.39 is 0 Å². The van der Waals surface area contributed by atoms with Crippen LogP contribution in [-0.4, -0.2) is 9.97 Å². The lowest BCUT2D eigenvalue weighted by Gasteiger charge is -2.02. The van der Waals surface area contributed by atoms with E-state index in [-0.39, 0.29) is 0 Å². The van der Waals surface area contributed by atoms with E-state index in [1.165, 1.54) is 11.1 Å². The highest BCUT2D eigenvalue weighted by Gasteiger charge is 1.93. The summed E-state index contributed by atoms with van der Waals surface area (Å²) < 4.78 is 0. The first-order valence-electron chi connectivity index (χ1n) is 4.66. The summed E-state index contributed by atoms with van der Waals surface area (Å²) in [7, 11) is 0. The van der Waals surface area contributed by atoms with Crippen molar-refractivity contribution in [1.29, 1.82) is 0 Å². The van der Waals surface area contributed by atoms with Gasteiger partial charge in [-0.05, 0) is 29.3 Å². The van der Waals surface area contributed by atoms with E-state index >= 15 is 0 Å². The van der Waals surface area contributed by atoms with Crippen LogP contribution in [0, 0.1) is 0 Å². The average molecular weight is 187 g/mol. The molecule has 2 aromatic rings. The number of rotatable bonds is 4. The van der Waals surface area contributed by atoms with Gasteiger partial charge >= 0.3 is 0 Å². The molecule has 0 atom stereocenters. The summed E-state index contributed by atoms with van der Waals surface area (Å²) in [4.78, 5) is 7.00. The van der Waals surface area contributed by atoms with Crippen molar-refractivity contribution >= 4 is 0 Å². The molecular weight excluding hydrogens is 174 g/mol. The summed E-state index contributed by atoms with van der Waals surface area (Å²) >= 11 is 0. The van der Waals surface area contributed by atoms with Gasteiger partial charge in [0.15, 0.2) is 0 Å². The van der Waals surface area contributed by atoms with E-state index in [1.54, 1.807) is 0 Å². The molecule has 0 spiro atoms. The first-order valence-corrected chi connectivity index (χ1v) is 4.66. The molecular formula is C11H13N3. The van der Waals surface area contributed by atoms with Gasteiger partial charge in [0.05, 0.1) is 0 Å². The summed E-state index contributed by atoms with van der Waals surface area (Å²) in [5, 5.41) is 3.36. The van der Waals surface area contributed by atoms with Crippen LogP contribution in [0.2, 0.25) is 0 Å². The van der Waals surface area contributed by atoms with Crippen molar-refractivity contribution < 1.29 is 0 Å². The van der Waals surface area contributed by atoms with Crippen molar-refractivity contribution in [2.24, 2.45) is 0 Å². The predicted molar refractivity (Wildman–Crippen MR) is 55.6 cm³/mol. The van der Waals surface area contributed by atoms with Gasteiger partial charge in [-0.3, -0.25) is 4.98 Å². The quantitative estimate of drug-likeness (QED) is 0.764. The normalized spacial score (nSPS) is 10.3. The van der Waals surface area contributed by atoms with E-state index in [0.29, 0.717) is 0 Å². The van der Waals surface area contributed by atoms with Gasteiger partial charge in [-0.1, -0.05) is 0 Å². The molecule has 3 nitrogen and oxygen atoms in total. The molecule has 2 N–H and O–H groups in total. The lowest BCUT2D eigenvalue weighted by Crippen LogP contribution is -2.11. The molecule has 0 bridgehead atoms. The molecule has 14 heavy (non-hydrogen) atoms. The molecule has 0 amide bonds. The van der Waals surface area contributed by atoms with Gasteiger partial charge in [0.2, 0.25) is 0 Å². The lowest BCUT2D eigenvalue weighted by atomic mass is 10.2. The van der Waals surface area contributed by atoms with Gasteiger partial charge in [0.25, 0.3) is 0 Å². The van der Waals surface area contributed by atoms with E-state index in [1.807, 2.05) is 36.9 Å². The van der Waals surface area contributed by atoms with Crippen molar-refractivity contribution in [2.75, 3.05) is 0 Å². The fourth-order valence-corrected chi connectivity index (χ4v) is 1.32. The smallest absolute Gasteiger partial charge is 0.0271 e. The second-order valence-corrected chi connectivity index (χ2v) is 3.18. The Hall–Kier alpha value is -1.61. The van der Waals surface area contributed by atoms with Crippen LogP contribution in [0.4, 0.5) is 0 Å². The summed E-state index contributed by atoms with van der Waals surface area (Å²) in [5.74, 6) is 0. The zero-order valence-electron chi connectivity index (χ0n) is 7.90. The Bertz CT molecular complexity index is 353. The molecule has 2 rings (SSSR count). The van der Waals surface area contributed by atoms with E-state index in [4.69, 9.17) is 0 Å². The Balaban J connectivity index is 1.79. The highest BCUT2D eigenvalue weighted by molar-refractivity contribution is 5.11. The van der Waals surface area contributed by atoms with Gasteiger partial charge in [-0.2, -0.15) is 0 Å². The molecule has 0 saturated heterocycles. The Labute approximate surface area is 83.2 Å². The van der Waals surface area contributed by atoms with Gasteiger partial charge < -0.3 is 10.3 Å². The molecule has 0 aliphatic rings. The van der Waals surface area contributed by atoms with Crippen molar-refractivity contribution in [2.45, 2.75) is 13.1 Å². The number of hydrogen-bond donors (Lipinski definition) is 2. The van der Waals surface area contributed by atoms with Crippen LogP contribution >= 0.6 is 0 Å². The van der Waals surface area contributed by atoms with Crippen LogP contribution in [0.5, 0.6) is 0 Å². The molecule has 2 aromatic heterocycles. The van der Waals surface area contributed by atoms with Crippen molar-refractivity contribution in [3.63, 3.8) is 0 Å². The Morgan fingerprint density at radius 3 is 2.57 bits per heavy atom. The van der Waals surface area contributed by atoms with Crippen molar-refractivity contribution in [3.8, 4) is 0 Å². The van der Waals surface area contributed by atoms with Crippen molar-refractivity contribution in [1.82, 2.24) is 15.3 Å². The SMILES string of the molecule is c1cc(CNCc2cc[nH]c2)ccn1. The number of nitrogens with zero attached hydrogens (tertiary/aromatic N) is 1. The minimum atomic E-state index is 0.883. The van der Waals surface area contributed by atoms with Gasteiger partial charge in [-0.25, -0.2) is 0 Å². The number of H-pyrrole nitrogens is 1. The van der Waals surface area contributed by atoms with Crippen LogP contribution in [-0.2, 0) is 13.1 Å². The summed E-state index contributed by atoms with van der Waals surface area (Å²) in [6, 6.07) is 6.10. The number of pyridine rings is 1. The number of aromatic nitrogens is 2. The van der Waals surface area contributed by atoms with Gasteiger partial charge in [0, 0.05) is 37.9 Å². The van der Waals surface area contributed by atoms with E-state index in [9.17, 15) is 0 Å². The fourth-order valence-electron chi connectivity index (χ4n) is 1.32. The maximum atomic E-state index is 3.97. The molecule has 0 aliphatic heterocycles. The third-order valence-electron chi connectivity index (χ3n) is 2.07. The van der Waals surface area contributed by atoms with Gasteiger partial charge in [0.1, 0.15) is 0 Å². The minimum absolute atomic E-state index is 0.883. The molecule has 0 radical (unpaired) electrons. The molecule has 0 saturated carbocycles. The largest absolute Gasteiger partial charge is 0.367 e. The highest BCUT2D eigenvalue weighted by Crippen LogP contribution is 1.98. The predicted octanol–water partition coefficient (Wildman–Crippen LogP) is 1.70. The zero-order valence-corrected chi connectivity index (χ0v) is 7.90. The molecule has 72 valence electrons. The summed E-state index contributed by atoms with van der Waals surface area (Å²) in [5.41, 5.74) is 2.54. The summed E-state index contributed by atoms with van der Waals surface area (Å²) in [6.07, 6.45) is 7.56. The monoisotopic (exact) mass is 187 g/mol. The standard InChI is InChI=1S/C11H13N3/c1-4-12-5-2-10(1)7-14-9-11-3-6-13-8-11/h1-6,8,13-14H,7,9H2. The molecule has 0 aliphatic carbocycles. The topological polar surface area (TPSA) is 40.7 Å². The Morgan fingerprint density at radius 2 is 1.86 bits per heavy atom. The van der Waals surface area contributed by atoms with Crippen LogP contribution in [0.15, 0.2) is 43.0 Å². The number of aromatic amines is 1. The zero-order chi connectivity index (χ0) is 9.64. The first kappa shape index (κ1) is 8.97.